The van der Waals surface area contributed by atoms with Crippen LogP contribution in [0.3, 0.4) is 0 Å². The second-order valence-corrected chi connectivity index (χ2v) is 50.0. The lowest BCUT2D eigenvalue weighted by Crippen LogP contribution is -2.41. The minimum absolute atomic E-state index is 0.00937. The van der Waals surface area contributed by atoms with E-state index in [2.05, 4.69) is 233 Å². The van der Waals surface area contributed by atoms with Crippen molar-refractivity contribution in [3.63, 3.8) is 0 Å². The van der Waals surface area contributed by atoms with Crippen molar-refractivity contribution in [3.8, 4) is 0 Å². The first-order chi connectivity index (χ1) is 67.4. The third kappa shape index (κ3) is 41.6. The van der Waals surface area contributed by atoms with Gasteiger partial charge in [-0.25, -0.2) is 52.6 Å². The van der Waals surface area contributed by atoms with Gasteiger partial charge in [0, 0.05) is 26.2 Å². The van der Waals surface area contributed by atoms with Gasteiger partial charge in [-0.1, -0.05) is 270 Å². The highest BCUT2D eigenvalue weighted by Crippen LogP contribution is 2.40. The normalized spacial score (nSPS) is 13.0. The summed E-state index contributed by atoms with van der Waals surface area (Å²) in [4.78, 5) is 60.1. The predicted octanol–water partition coefficient (Wildman–Crippen LogP) is 24.5. The topological polar surface area (TPSA) is 284 Å². The van der Waals surface area contributed by atoms with Crippen molar-refractivity contribution < 1.29 is 62.2 Å². The highest BCUT2D eigenvalue weighted by atomic mass is 32.2. The molecule has 0 spiro atoms. The van der Waals surface area contributed by atoms with Gasteiger partial charge < -0.3 is 28.9 Å². The van der Waals surface area contributed by atoms with E-state index in [4.69, 9.17) is 9.31 Å². The zero-order chi connectivity index (χ0) is 112. The summed E-state index contributed by atoms with van der Waals surface area (Å²) < 4.78 is 124. The van der Waals surface area contributed by atoms with Gasteiger partial charge in [-0.3, -0.25) is 19.2 Å². The van der Waals surface area contributed by atoms with E-state index in [1.807, 2.05) is 150 Å². The minimum Gasteiger partial charge on any atom is -0.399 e. The zero-order valence-electron chi connectivity index (χ0n) is 95.8. The van der Waals surface area contributed by atoms with Gasteiger partial charge in [0.2, 0.25) is 23.6 Å². The number of aryl methyl sites for hydroxylation is 1. The van der Waals surface area contributed by atoms with Gasteiger partial charge in [0.1, 0.15) is 0 Å². The molecule has 0 atom stereocenters. The van der Waals surface area contributed by atoms with Gasteiger partial charge in [-0.05, 0) is 359 Å². The van der Waals surface area contributed by atoms with Crippen LogP contribution in [0.4, 0.5) is 0 Å². The van der Waals surface area contributed by atoms with Gasteiger partial charge in [-0.2, -0.15) is 0 Å². The fraction of sp³-hybridized carbons (Fsp3) is 0.496. The average molecular weight is 2080 g/mol. The summed E-state index contributed by atoms with van der Waals surface area (Å²) in [6, 6.07) is 43.3. The fourth-order valence-electron chi connectivity index (χ4n) is 16.0. The first kappa shape index (κ1) is 130. The molecule has 0 saturated carbocycles. The number of nitrogens with zero attached hydrogens (tertiary/aromatic N) is 4. The van der Waals surface area contributed by atoms with Crippen molar-refractivity contribution in [2.45, 2.75) is 357 Å². The van der Waals surface area contributed by atoms with E-state index in [-0.39, 0.29) is 92.6 Å². The van der Waals surface area contributed by atoms with Gasteiger partial charge in [-0.15, -0.1) is 6.58 Å². The average Bonchev–Trinajstić information content (AvgIpc) is 1.63. The van der Waals surface area contributed by atoms with E-state index in [1.54, 1.807) is 72.8 Å². The Morgan fingerprint density at radius 3 is 0.699 bits per heavy atom. The van der Waals surface area contributed by atoms with Crippen molar-refractivity contribution in [1.29, 1.82) is 0 Å². The summed E-state index contributed by atoms with van der Waals surface area (Å²) in [5.74, 6) is -0.629. The molecule has 8 aromatic rings. The molecule has 4 amide bonds. The minimum atomic E-state index is -3.99. The van der Waals surface area contributed by atoms with E-state index in [1.165, 1.54) is 53.0 Å². The second-order valence-electron chi connectivity index (χ2n) is 43.3. The third-order valence-corrected chi connectivity index (χ3v) is 30.1. The van der Waals surface area contributed by atoms with Crippen molar-refractivity contribution >= 4 is 87.4 Å². The Bertz CT molecular complexity index is 6070. The molecular weight excluding hydrogens is 1900 g/mol. The lowest BCUT2D eigenvalue weighted by atomic mass is 9.73. The Hall–Kier alpha value is -9.78. The van der Waals surface area contributed by atoms with Crippen LogP contribution < -0.4 is 24.4 Å². The number of rotatable bonds is 36. The van der Waals surface area contributed by atoms with Gasteiger partial charge in [0.05, 0.1) is 56.5 Å². The molecule has 1 saturated heterocycles. The fourth-order valence-corrected chi connectivity index (χ4v) is 20.0. The van der Waals surface area contributed by atoms with Crippen LogP contribution in [0.5, 0.6) is 0 Å². The molecular formula is C119H179BN8O14S4. The highest BCUT2D eigenvalue weighted by Gasteiger charge is 2.52. The maximum atomic E-state index is 13.1. The van der Waals surface area contributed by atoms with Crippen LogP contribution in [-0.4, -0.2) is 152 Å². The van der Waals surface area contributed by atoms with Crippen molar-refractivity contribution in [1.82, 2.24) is 38.5 Å². The Morgan fingerprint density at radius 1 is 0.336 bits per heavy atom. The second kappa shape index (κ2) is 59.0. The quantitative estimate of drug-likeness (QED) is 0.0210. The lowest BCUT2D eigenvalue weighted by molar-refractivity contribution is -0.119. The molecule has 22 nitrogen and oxygen atoms in total. The molecule has 8 aromatic carbocycles. The summed E-state index contributed by atoms with van der Waals surface area (Å²) >= 11 is 0. The molecule has 806 valence electrons. The number of nitrogens with one attached hydrogen (secondary N) is 4. The summed E-state index contributed by atoms with van der Waals surface area (Å²) in [6.07, 6.45) is 6.37. The molecule has 146 heavy (non-hydrogen) atoms. The van der Waals surface area contributed by atoms with Gasteiger partial charge in [0.25, 0.3) is 40.1 Å². The van der Waals surface area contributed by atoms with Gasteiger partial charge >= 0.3 is 7.12 Å². The van der Waals surface area contributed by atoms with Crippen LogP contribution in [0, 0.1) is 0 Å². The largest absolute Gasteiger partial charge is 0.494 e. The smallest absolute Gasteiger partial charge is 0.399 e. The molecule has 9 rings (SSSR count). The molecule has 1 fully saturated rings. The van der Waals surface area contributed by atoms with Crippen molar-refractivity contribution in [2.24, 2.45) is 0 Å². The SMILES string of the molecule is C=C(C)C.C=C(C)c1cc(C(C)C)c(CC(=O)NS(=O)(=O)c2ccc(CN(C)C)cc2)c(C(C)C)c1.CC(C)c1cc(B2OC(C)(C)C(C)(C)O2)cc(C(C)C)c1CC(=O)NS(=O)(=O)c1ccc(CN(C)C)cc1.CC=C(C)C.CC=C(C)c1cc(C(C)C)c(CC(=O)NS(=O)(=O)c2ccc(CN(C)C)cc2)c(C(C)C)c1.CCC.CCc1cc(C(C)C)c(CC(=O)NS(=O)(=O)c2ccc(CN(C)C)cc2)c(C(C)C)c1. The number of benzene rings is 8. The maximum Gasteiger partial charge on any atom is 0.494 e. The number of amides is 4. The Balaban J connectivity index is 0.000000482. The van der Waals surface area contributed by atoms with Crippen LogP contribution >= 0.6 is 0 Å². The van der Waals surface area contributed by atoms with E-state index in [0.717, 1.165) is 124 Å². The van der Waals surface area contributed by atoms with Gasteiger partial charge in [0.15, 0.2) is 0 Å². The number of carbonyl (C=O) groups is 4. The molecule has 1 aliphatic rings. The molecule has 27 heteroatoms. The number of hydrogen-bond donors (Lipinski definition) is 4. The van der Waals surface area contributed by atoms with E-state index < -0.39 is 82.0 Å². The molecule has 0 aliphatic carbocycles. The van der Waals surface area contributed by atoms with E-state index in [0.29, 0.717) is 19.6 Å². The van der Waals surface area contributed by atoms with Crippen LogP contribution in [0.15, 0.2) is 202 Å². The molecule has 0 radical (unpaired) electrons. The molecule has 1 aliphatic heterocycles. The Labute approximate surface area is 883 Å². The number of carbonyl (C=O) groups excluding carboxylic acids is 4. The van der Waals surface area contributed by atoms with Crippen LogP contribution in [-0.2, 0) is 127 Å². The predicted molar refractivity (Wildman–Crippen MR) is 611 cm³/mol. The van der Waals surface area contributed by atoms with E-state index in [9.17, 15) is 52.8 Å². The number of hydrogen-bond acceptors (Lipinski definition) is 18. The summed E-state index contributed by atoms with van der Waals surface area (Å²) in [6.45, 7) is 74.5. The molecule has 1 heterocycles. The molecule has 0 bridgehead atoms. The number of sulfonamides is 4. The lowest BCUT2D eigenvalue weighted by Gasteiger charge is -2.32. The van der Waals surface area contributed by atoms with Crippen LogP contribution in [0.2, 0.25) is 0 Å². The van der Waals surface area contributed by atoms with Crippen molar-refractivity contribution in [2.75, 3.05) is 56.4 Å². The zero-order valence-corrected chi connectivity index (χ0v) is 99.1. The Kier molecular flexibility index (Phi) is 52.7. The highest BCUT2D eigenvalue weighted by molar-refractivity contribution is 7.91. The van der Waals surface area contributed by atoms with E-state index >= 15 is 0 Å². The van der Waals surface area contributed by atoms with Crippen LogP contribution in [0.1, 0.15) is 374 Å². The Morgan fingerprint density at radius 2 is 0.527 bits per heavy atom. The molecule has 4 N–H and O–H groups in total. The summed E-state index contributed by atoms with van der Waals surface area (Å²) in [5, 5.41) is 0. The van der Waals surface area contributed by atoms with Crippen LogP contribution in [0.25, 0.3) is 11.1 Å². The number of allylic oxidation sites excluding steroid dienone is 6. The third-order valence-electron chi connectivity index (χ3n) is 24.5. The standard InChI is InChI=1S/C29H43BN2O5S.C27H38N2O3S.C26H36N2O3S.C25H36N2O3S.C5H10.C4H8.C3H8/c1-19(2)24-15-22(30-36-28(5,6)29(7,8)37-30)16-25(20(3)4)26(24)17-27(33)31-38(34,35)23-13-11-21(12-14-23)18-32(9)10;1-9-20(6)22-14-24(18(2)3)26(25(15-22)19(4)5)16-27(30)28-33(31,32)23-12-10-21(11-13-23)17-29(7)8;1-17(2)21-13-23(18(3)4)25(24(14-21)19(5)6)15-26(29)27-32(30,31)22-11-9-20(10-12-22)16-28(7)8;1-8-19-13-22(17(2)3)24(23(14-19)18(4)5)15-25(28)26-31(29,30)21-11-9-20(10-12-21)16-27(6)7;1-4-5(2)3;1-4(2)3;1-3-2/h11-16,19-20H,17-18H2,1-10H3,(H,31,33);9-15,18-19H,16-17H2,1-8H3,(H,28,30);9-14,18-19H,1,15-16H2,2-8H3,(H,27,29);9-14,17-18H,8,15-16H2,1-7H3,(H,26,28);4H,1-3H3;1H2,2-3H3;3H2,1-2H3. The summed E-state index contributed by atoms with van der Waals surface area (Å²) in [7, 11) is -0.702. The van der Waals surface area contributed by atoms with Crippen molar-refractivity contribution in [3.05, 3.63) is 288 Å². The maximum absolute atomic E-state index is 13.1. The summed E-state index contributed by atoms with van der Waals surface area (Å²) in [5.41, 5.74) is 24.2. The monoisotopic (exact) mass is 2080 g/mol. The molecule has 0 aromatic heterocycles. The first-order valence-electron chi connectivity index (χ1n) is 51.2. The first-order valence-corrected chi connectivity index (χ1v) is 57.1. The molecule has 0 unspecified atom stereocenters.